The van der Waals surface area contributed by atoms with E-state index in [0.717, 1.165) is 29.8 Å². The quantitative estimate of drug-likeness (QED) is 0.407. The van der Waals surface area contributed by atoms with Crippen molar-refractivity contribution in [2.45, 2.75) is 20.0 Å². The smallest absolute Gasteiger partial charge is 0.298 e. The highest BCUT2D eigenvalue weighted by atomic mass is 19.4. The van der Waals surface area contributed by atoms with E-state index in [1.54, 1.807) is 31.2 Å². The van der Waals surface area contributed by atoms with Crippen LogP contribution in [0.15, 0.2) is 60.7 Å². The first-order valence-electron chi connectivity index (χ1n) is 9.05. The van der Waals surface area contributed by atoms with Crippen LogP contribution < -0.4 is 0 Å². The number of carbonyl (C=O) groups is 3. The highest BCUT2D eigenvalue weighted by Gasteiger charge is 2.30. The maximum absolute atomic E-state index is 13.2. The number of benzene rings is 3. The number of aldehydes is 1. The Balaban J connectivity index is 2.11. The molecule has 0 saturated carbocycles. The van der Waals surface area contributed by atoms with E-state index in [1.165, 1.54) is 12.1 Å². The molecule has 0 atom stereocenters. The SMILES string of the molecule is Cc1ccc(C(=O)c2c(C(=O)c3ccc(C(F)(F)F)cc3)ccc(C=O)c2C)cc1. The molecule has 0 fully saturated rings. The minimum absolute atomic E-state index is 0.0132. The van der Waals surface area contributed by atoms with Crippen LogP contribution in [-0.4, -0.2) is 17.9 Å². The van der Waals surface area contributed by atoms with Gasteiger partial charge in [-0.1, -0.05) is 48.0 Å². The summed E-state index contributed by atoms with van der Waals surface area (Å²) in [6.07, 6.45) is -3.93. The van der Waals surface area contributed by atoms with E-state index in [2.05, 4.69) is 0 Å². The van der Waals surface area contributed by atoms with E-state index in [9.17, 15) is 27.6 Å². The Bertz CT molecular complexity index is 1130. The first kappa shape index (κ1) is 21.2. The van der Waals surface area contributed by atoms with Crippen LogP contribution in [0.25, 0.3) is 0 Å². The summed E-state index contributed by atoms with van der Waals surface area (Å²) < 4.78 is 38.4. The summed E-state index contributed by atoms with van der Waals surface area (Å²) in [4.78, 5) is 37.6. The van der Waals surface area contributed by atoms with Gasteiger partial charge in [-0.25, -0.2) is 0 Å². The van der Waals surface area contributed by atoms with Crippen molar-refractivity contribution in [1.82, 2.24) is 0 Å². The van der Waals surface area contributed by atoms with Gasteiger partial charge < -0.3 is 0 Å². The first-order valence-corrected chi connectivity index (χ1v) is 9.05. The number of alkyl halides is 3. The van der Waals surface area contributed by atoms with Gasteiger partial charge in [-0.3, -0.25) is 14.4 Å². The molecule has 3 rings (SSSR count). The summed E-state index contributed by atoms with van der Waals surface area (Å²) in [5.41, 5.74) is 1.13. The van der Waals surface area contributed by atoms with Crippen LogP contribution in [0.5, 0.6) is 0 Å². The number of hydrogen-bond donors (Lipinski definition) is 0. The molecule has 0 heterocycles. The molecule has 3 nitrogen and oxygen atoms in total. The van der Waals surface area contributed by atoms with Crippen molar-refractivity contribution < 1.29 is 27.6 Å². The molecule has 0 saturated heterocycles. The highest BCUT2D eigenvalue weighted by molar-refractivity contribution is 6.20. The average Bonchev–Trinajstić information content (AvgIpc) is 2.72. The molecule has 0 unspecified atom stereocenters. The second-order valence-electron chi connectivity index (χ2n) is 6.92. The molecule has 0 amide bonds. The summed E-state index contributed by atoms with van der Waals surface area (Å²) >= 11 is 0. The van der Waals surface area contributed by atoms with E-state index >= 15 is 0 Å². The Morgan fingerprint density at radius 2 is 1.30 bits per heavy atom. The van der Waals surface area contributed by atoms with Gasteiger partial charge in [-0.15, -0.1) is 0 Å². The van der Waals surface area contributed by atoms with Crippen molar-refractivity contribution in [3.05, 3.63) is 105 Å². The monoisotopic (exact) mass is 410 g/mol. The highest BCUT2D eigenvalue weighted by Crippen LogP contribution is 2.30. The first-order chi connectivity index (χ1) is 14.1. The molecule has 0 spiro atoms. The average molecular weight is 410 g/mol. The molecule has 0 aliphatic carbocycles. The maximum Gasteiger partial charge on any atom is 0.416 e. The third-order valence-corrected chi connectivity index (χ3v) is 4.89. The zero-order valence-corrected chi connectivity index (χ0v) is 16.2. The normalized spacial score (nSPS) is 11.2. The molecule has 6 heteroatoms. The number of hydrogen-bond acceptors (Lipinski definition) is 3. The van der Waals surface area contributed by atoms with Gasteiger partial charge in [0.25, 0.3) is 0 Å². The molecule has 0 aromatic heterocycles. The van der Waals surface area contributed by atoms with Crippen LogP contribution in [0.4, 0.5) is 13.2 Å². The van der Waals surface area contributed by atoms with E-state index in [0.29, 0.717) is 17.4 Å². The summed E-state index contributed by atoms with van der Waals surface area (Å²) in [6.45, 7) is 3.43. The number of ketones is 2. The van der Waals surface area contributed by atoms with Gasteiger partial charge in [0.05, 0.1) is 5.56 Å². The van der Waals surface area contributed by atoms with Crippen LogP contribution in [-0.2, 0) is 6.18 Å². The molecule has 0 bridgehead atoms. The van der Waals surface area contributed by atoms with Gasteiger partial charge in [-0.05, 0) is 37.6 Å². The zero-order chi connectivity index (χ0) is 22.1. The van der Waals surface area contributed by atoms with Crippen LogP contribution in [0.3, 0.4) is 0 Å². The Morgan fingerprint density at radius 3 is 1.83 bits per heavy atom. The van der Waals surface area contributed by atoms with Crippen molar-refractivity contribution in [3.8, 4) is 0 Å². The van der Waals surface area contributed by atoms with E-state index < -0.39 is 23.3 Å². The predicted octanol–water partition coefficient (Wildman–Crippen LogP) is 5.60. The van der Waals surface area contributed by atoms with Crippen molar-refractivity contribution in [3.63, 3.8) is 0 Å². The minimum Gasteiger partial charge on any atom is -0.298 e. The maximum atomic E-state index is 13.2. The lowest BCUT2D eigenvalue weighted by Gasteiger charge is -2.14. The van der Waals surface area contributed by atoms with E-state index in [4.69, 9.17) is 0 Å². The molecule has 152 valence electrons. The van der Waals surface area contributed by atoms with E-state index in [1.807, 2.05) is 6.92 Å². The van der Waals surface area contributed by atoms with Crippen LogP contribution in [0.2, 0.25) is 0 Å². The van der Waals surface area contributed by atoms with Gasteiger partial charge in [0.2, 0.25) is 0 Å². The lowest BCUT2D eigenvalue weighted by atomic mass is 9.87. The van der Waals surface area contributed by atoms with Crippen LogP contribution in [0, 0.1) is 13.8 Å². The summed E-state index contributed by atoms with van der Waals surface area (Å²) in [5, 5.41) is 0. The zero-order valence-electron chi connectivity index (χ0n) is 16.2. The minimum atomic E-state index is -4.52. The number of carbonyl (C=O) groups excluding carboxylic acids is 3. The van der Waals surface area contributed by atoms with Crippen molar-refractivity contribution in [2.24, 2.45) is 0 Å². The fourth-order valence-corrected chi connectivity index (χ4v) is 3.15. The van der Waals surface area contributed by atoms with Gasteiger partial charge >= 0.3 is 6.18 Å². The Hall–Kier alpha value is -3.54. The Labute approximate surface area is 171 Å². The van der Waals surface area contributed by atoms with Crippen molar-refractivity contribution >= 4 is 17.9 Å². The summed E-state index contributed by atoms with van der Waals surface area (Å²) in [7, 11) is 0. The second kappa shape index (κ2) is 8.06. The summed E-state index contributed by atoms with van der Waals surface area (Å²) in [6, 6.07) is 13.3. The van der Waals surface area contributed by atoms with Crippen molar-refractivity contribution in [1.29, 1.82) is 0 Å². The molecular weight excluding hydrogens is 393 g/mol. The largest absolute Gasteiger partial charge is 0.416 e. The molecule has 3 aromatic carbocycles. The molecule has 30 heavy (non-hydrogen) atoms. The fourth-order valence-electron chi connectivity index (χ4n) is 3.15. The van der Waals surface area contributed by atoms with Crippen LogP contribution in [0.1, 0.15) is 58.9 Å². The Kier molecular flexibility index (Phi) is 5.69. The molecule has 3 aromatic rings. The van der Waals surface area contributed by atoms with Gasteiger partial charge in [0.1, 0.15) is 6.29 Å². The van der Waals surface area contributed by atoms with Gasteiger partial charge in [0.15, 0.2) is 11.6 Å². The van der Waals surface area contributed by atoms with Crippen molar-refractivity contribution in [2.75, 3.05) is 0 Å². The molecule has 0 N–H and O–H groups in total. The van der Waals surface area contributed by atoms with Gasteiger partial charge in [-0.2, -0.15) is 13.2 Å². The molecular formula is C24H17F3O3. The molecule has 0 radical (unpaired) electrons. The van der Waals surface area contributed by atoms with Gasteiger partial charge in [0, 0.05) is 27.8 Å². The number of rotatable bonds is 5. The lowest BCUT2D eigenvalue weighted by Crippen LogP contribution is -2.15. The standard InChI is InChI=1S/C24H17F3O3/c1-14-3-5-17(6-4-14)23(30)21-15(2)18(13-28)9-12-20(21)22(29)16-7-10-19(11-8-16)24(25,26)27/h3-13H,1-2H3. The van der Waals surface area contributed by atoms with E-state index in [-0.39, 0.29) is 22.3 Å². The number of aryl methyl sites for hydroxylation is 1. The molecule has 0 aliphatic heterocycles. The third kappa shape index (κ3) is 4.08. The molecule has 0 aliphatic rings. The predicted molar refractivity (Wildman–Crippen MR) is 106 cm³/mol. The van der Waals surface area contributed by atoms with Crippen LogP contribution >= 0.6 is 0 Å². The Morgan fingerprint density at radius 1 is 0.767 bits per heavy atom. The fraction of sp³-hybridized carbons (Fsp3) is 0.125. The number of halogens is 3. The third-order valence-electron chi connectivity index (χ3n) is 4.89. The topological polar surface area (TPSA) is 51.2 Å². The summed E-state index contributed by atoms with van der Waals surface area (Å²) in [5.74, 6) is -1.04. The lowest BCUT2D eigenvalue weighted by molar-refractivity contribution is -0.137. The second-order valence-corrected chi connectivity index (χ2v) is 6.92.